The zero-order valence-corrected chi connectivity index (χ0v) is 15.1. The number of β-amino-alcohol motifs (C(OH)–C–C–N with tert-alkyl or cyclic N) is 2. The number of aliphatic hydroxyl groups excluding tert-OH is 2. The Balaban J connectivity index is 1.40. The molecule has 0 aromatic rings. The number of likely N-dealkylation sites (tertiary alicyclic amines) is 2. The average Bonchev–Trinajstić information content (AvgIpc) is 2.60. The third kappa shape index (κ3) is 8.74. The van der Waals surface area contributed by atoms with Gasteiger partial charge in [0, 0.05) is 13.1 Å². The first-order chi connectivity index (χ1) is 11.7. The van der Waals surface area contributed by atoms with E-state index in [4.69, 9.17) is 9.47 Å². The van der Waals surface area contributed by atoms with Gasteiger partial charge in [-0.1, -0.05) is 12.8 Å². The standard InChI is InChI=1S/C18H36N2O4/c21-17(13-19-7-3-1-4-8-19)15-23-11-12-24-16-18(22)14-20-9-5-2-6-10-20/h17-18,21-22H,1-16H2. The predicted molar refractivity (Wildman–Crippen MR) is 94.2 cm³/mol. The second-order valence-corrected chi connectivity index (χ2v) is 7.18. The van der Waals surface area contributed by atoms with Gasteiger partial charge in [-0.15, -0.1) is 0 Å². The van der Waals surface area contributed by atoms with Crippen molar-refractivity contribution in [1.29, 1.82) is 0 Å². The van der Waals surface area contributed by atoms with Gasteiger partial charge in [0.2, 0.25) is 0 Å². The highest BCUT2D eigenvalue weighted by molar-refractivity contribution is 4.69. The van der Waals surface area contributed by atoms with Crippen LogP contribution in [0.15, 0.2) is 0 Å². The molecule has 142 valence electrons. The highest BCUT2D eigenvalue weighted by atomic mass is 16.5. The van der Waals surface area contributed by atoms with Gasteiger partial charge in [0.15, 0.2) is 0 Å². The average molecular weight is 344 g/mol. The number of aliphatic hydroxyl groups is 2. The van der Waals surface area contributed by atoms with Gasteiger partial charge < -0.3 is 29.5 Å². The highest BCUT2D eigenvalue weighted by Gasteiger charge is 2.15. The smallest absolute Gasteiger partial charge is 0.0900 e. The molecule has 0 saturated carbocycles. The van der Waals surface area contributed by atoms with E-state index >= 15 is 0 Å². The molecule has 2 saturated heterocycles. The lowest BCUT2D eigenvalue weighted by molar-refractivity contribution is -0.0298. The van der Waals surface area contributed by atoms with Crippen molar-refractivity contribution in [3.63, 3.8) is 0 Å². The van der Waals surface area contributed by atoms with Crippen LogP contribution in [0.5, 0.6) is 0 Å². The fraction of sp³-hybridized carbons (Fsp3) is 1.00. The fourth-order valence-corrected chi connectivity index (χ4v) is 3.54. The summed E-state index contributed by atoms with van der Waals surface area (Å²) < 4.78 is 11.0. The highest BCUT2D eigenvalue weighted by Crippen LogP contribution is 2.09. The molecule has 2 fully saturated rings. The van der Waals surface area contributed by atoms with Gasteiger partial charge in [0.25, 0.3) is 0 Å². The second kappa shape index (κ2) is 12.2. The van der Waals surface area contributed by atoms with E-state index in [-0.39, 0.29) is 0 Å². The minimum Gasteiger partial charge on any atom is -0.389 e. The number of piperidine rings is 2. The number of nitrogens with zero attached hydrogens (tertiary/aromatic N) is 2. The van der Waals surface area contributed by atoms with Crippen molar-refractivity contribution in [2.24, 2.45) is 0 Å². The van der Waals surface area contributed by atoms with Crippen LogP contribution in [0.3, 0.4) is 0 Å². The Bertz CT molecular complexity index is 277. The Labute approximate surface area is 146 Å². The van der Waals surface area contributed by atoms with Crippen molar-refractivity contribution in [2.75, 3.05) is 65.7 Å². The molecule has 0 aromatic heterocycles. The van der Waals surface area contributed by atoms with Crippen LogP contribution in [-0.2, 0) is 9.47 Å². The van der Waals surface area contributed by atoms with Gasteiger partial charge in [0.1, 0.15) is 0 Å². The largest absolute Gasteiger partial charge is 0.389 e. The molecule has 0 bridgehead atoms. The maximum atomic E-state index is 9.98. The maximum absolute atomic E-state index is 9.98. The maximum Gasteiger partial charge on any atom is 0.0900 e. The lowest BCUT2D eigenvalue weighted by atomic mass is 10.1. The molecule has 0 aliphatic carbocycles. The molecule has 24 heavy (non-hydrogen) atoms. The Morgan fingerprint density at radius 2 is 1.00 bits per heavy atom. The summed E-state index contributed by atoms with van der Waals surface area (Å²) in [6, 6.07) is 0. The Kier molecular flexibility index (Phi) is 10.2. The van der Waals surface area contributed by atoms with Gasteiger partial charge in [-0.25, -0.2) is 0 Å². The summed E-state index contributed by atoms with van der Waals surface area (Å²) in [7, 11) is 0. The normalized spacial score (nSPS) is 23.2. The number of hydrogen-bond acceptors (Lipinski definition) is 6. The first-order valence-corrected chi connectivity index (χ1v) is 9.70. The summed E-state index contributed by atoms with van der Waals surface area (Å²) in [6.07, 6.45) is 6.72. The van der Waals surface area contributed by atoms with Crippen LogP contribution < -0.4 is 0 Å². The molecule has 6 nitrogen and oxygen atoms in total. The predicted octanol–water partition coefficient (Wildman–Crippen LogP) is 0.713. The molecule has 0 radical (unpaired) electrons. The van der Waals surface area contributed by atoms with E-state index < -0.39 is 12.2 Å². The number of ether oxygens (including phenoxy) is 2. The molecule has 2 unspecified atom stereocenters. The molecular weight excluding hydrogens is 308 g/mol. The van der Waals surface area contributed by atoms with Crippen molar-refractivity contribution in [2.45, 2.75) is 50.7 Å². The summed E-state index contributed by atoms with van der Waals surface area (Å²) in [6.45, 7) is 7.42. The Morgan fingerprint density at radius 1 is 0.625 bits per heavy atom. The molecule has 2 heterocycles. The van der Waals surface area contributed by atoms with Gasteiger partial charge in [-0.05, 0) is 51.9 Å². The topological polar surface area (TPSA) is 65.4 Å². The second-order valence-electron chi connectivity index (χ2n) is 7.18. The third-order valence-electron chi connectivity index (χ3n) is 4.83. The molecule has 6 heteroatoms. The van der Waals surface area contributed by atoms with Crippen LogP contribution in [0.4, 0.5) is 0 Å². The van der Waals surface area contributed by atoms with Crippen molar-refractivity contribution >= 4 is 0 Å². The SMILES string of the molecule is OC(COCCOCC(O)CN1CCCCC1)CN1CCCCC1. The summed E-state index contributed by atoms with van der Waals surface area (Å²) in [5, 5.41) is 20.0. The molecule has 2 aliphatic rings. The molecule has 0 amide bonds. The monoisotopic (exact) mass is 344 g/mol. The van der Waals surface area contributed by atoms with E-state index in [1.807, 2.05) is 0 Å². The van der Waals surface area contributed by atoms with Crippen molar-refractivity contribution in [3.05, 3.63) is 0 Å². The van der Waals surface area contributed by atoms with Gasteiger partial charge in [0.05, 0.1) is 38.6 Å². The molecule has 2 atom stereocenters. The van der Waals surface area contributed by atoms with E-state index in [0.29, 0.717) is 39.5 Å². The zero-order chi connectivity index (χ0) is 17.0. The lowest BCUT2D eigenvalue weighted by Gasteiger charge is -2.28. The first-order valence-electron chi connectivity index (χ1n) is 9.70. The van der Waals surface area contributed by atoms with Crippen LogP contribution in [0.2, 0.25) is 0 Å². The summed E-state index contributed by atoms with van der Waals surface area (Å²) in [5.41, 5.74) is 0. The minimum absolute atomic E-state index is 0.357. The number of rotatable bonds is 11. The number of hydrogen-bond donors (Lipinski definition) is 2. The van der Waals surface area contributed by atoms with E-state index in [0.717, 1.165) is 26.2 Å². The molecule has 0 aromatic carbocycles. The fourth-order valence-electron chi connectivity index (χ4n) is 3.54. The van der Waals surface area contributed by atoms with Crippen LogP contribution in [0.1, 0.15) is 38.5 Å². The van der Waals surface area contributed by atoms with Gasteiger partial charge in [-0.3, -0.25) is 0 Å². The molecule has 0 spiro atoms. The van der Waals surface area contributed by atoms with Crippen molar-refractivity contribution in [1.82, 2.24) is 9.80 Å². The lowest BCUT2D eigenvalue weighted by Crippen LogP contribution is -2.38. The Morgan fingerprint density at radius 3 is 1.38 bits per heavy atom. The van der Waals surface area contributed by atoms with Crippen LogP contribution >= 0.6 is 0 Å². The first kappa shape index (κ1) is 20.1. The van der Waals surface area contributed by atoms with Crippen molar-refractivity contribution < 1.29 is 19.7 Å². The molecular formula is C18H36N2O4. The van der Waals surface area contributed by atoms with Crippen molar-refractivity contribution in [3.8, 4) is 0 Å². The van der Waals surface area contributed by atoms with Crippen LogP contribution in [0.25, 0.3) is 0 Å². The Hall–Kier alpha value is -0.240. The molecule has 2 rings (SSSR count). The summed E-state index contributed by atoms with van der Waals surface area (Å²) in [5.74, 6) is 0. The van der Waals surface area contributed by atoms with E-state index in [2.05, 4.69) is 9.80 Å². The quantitative estimate of drug-likeness (QED) is 0.538. The molecule has 2 aliphatic heterocycles. The van der Waals surface area contributed by atoms with Crippen LogP contribution in [-0.4, -0.2) is 97.9 Å². The van der Waals surface area contributed by atoms with Gasteiger partial charge >= 0.3 is 0 Å². The zero-order valence-electron chi connectivity index (χ0n) is 15.1. The van der Waals surface area contributed by atoms with Gasteiger partial charge in [-0.2, -0.15) is 0 Å². The van der Waals surface area contributed by atoms with Crippen LogP contribution in [0, 0.1) is 0 Å². The summed E-state index contributed by atoms with van der Waals surface area (Å²) >= 11 is 0. The van der Waals surface area contributed by atoms with E-state index in [1.54, 1.807) is 0 Å². The summed E-state index contributed by atoms with van der Waals surface area (Å²) in [4.78, 5) is 4.62. The minimum atomic E-state index is -0.423. The molecule has 2 N–H and O–H groups in total. The van der Waals surface area contributed by atoms with E-state index in [1.165, 1.54) is 38.5 Å². The van der Waals surface area contributed by atoms with E-state index in [9.17, 15) is 10.2 Å². The third-order valence-corrected chi connectivity index (χ3v) is 4.83.